The predicted octanol–water partition coefficient (Wildman–Crippen LogP) is 5.73. The van der Waals surface area contributed by atoms with Crippen molar-refractivity contribution in [3.8, 4) is 0 Å². The van der Waals surface area contributed by atoms with Crippen molar-refractivity contribution in [3.63, 3.8) is 0 Å². The van der Waals surface area contributed by atoms with Gasteiger partial charge in [-0.3, -0.25) is 10.1 Å². The second-order valence-electron chi connectivity index (χ2n) is 4.46. The normalized spacial score (nSPS) is 12.0. The molecule has 21 heavy (non-hydrogen) atoms. The number of nitrogens with one attached hydrogen (secondary N) is 1. The summed E-state index contributed by atoms with van der Waals surface area (Å²) in [5, 5.41) is 15.1. The topological polar surface area (TPSA) is 55.2 Å². The lowest BCUT2D eigenvalue weighted by atomic mass is 10.1. The number of non-ortho nitro benzene ring substituents is 1. The van der Waals surface area contributed by atoms with Crippen LogP contribution in [0.1, 0.15) is 18.5 Å². The minimum Gasteiger partial charge on any atom is -0.377 e. The number of anilines is 1. The van der Waals surface area contributed by atoms with E-state index >= 15 is 0 Å². The number of nitrogens with zero attached hydrogens (tertiary/aromatic N) is 1. The molecule has 0 fully saturated rings. The zero-order valence-electron chi connectivity index (χ0n) is 10.9. The van der Waals surface area contributed by atoms with Crippen molar-refractivity contribution < 1.29 is 4.92 Å². The van der Waals surface area contributed by atoms with Crippen LogP contribution in [0.25, 0.3) is 0 Å². The van der Waals surface area contributed by atoms with Gasteiger partial charge in [-0.2, -0.15) is 0 Å². The van der Waals surface area contributed by atoms with Crippen molar-refractivity contribution in [2.75, 3.05) is 5.32 Å². The number of nitro groups is 1. The first kappa shape index (κ1) is 15.9. The van der Waals surface area contributed by atoms with Crippen LogP contribution in [-0.2, 0) is 0 Å². The molecular formula is C14H11Cl3N2O2. The first-order chi connectivity index (χ1) is 9.88. The highest BCUT2D eigenvalue weighted by atomic mass is 35.5. The molecule has 0 heterocycles. The van der Waals surface area contributed by atoms with Gasteiger partial charge >= 0.3 is 0 Å². The monoisotopic (exact) mass is 344 g/mol. The Kier molecular flexibility index (Phi) is 4.93. The Morgan fingerprint density at radius 1 is 1.05 bits per heavy atom. The summed E-state index contributed by atoms with van der Waals surface area (Å²) in [7, 11) is 0. The summed E-state index contributed by atoms with van der Waals surface area (Å²) < 4.78 is 0. The van der Waals surface area contributed by atoms with Crippen molar-refractivity contribution >= 4 is 46.2 Å². The molecule has 1 atom stereocenters. The molecule has 0 aliphatic heterocycles. The molecule has 0 bridgehead atoms. The summed E-state index contributed by atoms with van der Waals surface area (Å²) in [5.74, 6) is 0. The first-order valence-electron chi connectivity index (χ1n) is 6.04. The van der Waals surface area contributed by atoms with E-state index in [1.54, 1.807) is 18.2 Å². The maximum atomic E-state index is 10.7. The summed E-state index contributed by atoms with van der Waals surface area (Å²) in [6.07, 6.45) is 0. The SMILES string of the molecule is CC(Nc1ccc([N+](=O)[O-])cc1Cl)c1ccc(Cl)c(Cl)c1. The lowest BCUT2D eigenvalue weighted by Gasteiger charge is -2.17. The second-order valence-corrected chi connectivity index (χ2v) is 5.68. The molecular weight excluding hydrogens is 335 g/mol. The van der Waals surface area contributed by atoms with Crippen LogP contribution < -0.4 is 5.32 Å². The van der Waals surface area contributed by atoms with Crippen LogP contribution >= 0.6 is 34.8 Å². The van der Waals surface area contributed by atoms with E-state index in [9.17, 15) is 10.1 Å². The van der Waals surface area contributed by atoms with Gasteiger partial charge in [0, 0.05) is 18.2 Å². The van der Waals surface area contributed by atoms with Crippen molar-refractivity contribution in [3.05, 3.63) is 67.1 Å². The zero-order valence-corrected chi connectivity index (χ0v) is 13.2. The Morgan fingerprint density at radius 3 is 2.33 bits per heavy atom. The predicted molar refractivity (Wildman–Crippen MR) is 86.6 cm³/mol. The first-order valence-corrected chi connectivity index (χ1v) is 7.17. The van der Waals surface area contributed by atoms with Crippen molar-refractivity contribution in [1.29, 1.82) is 0 Å². The minimum atomic E-state index is -0.488. The van der Waals surface area contributed by atoms with E-state index in [0.717, 1.165) is 5.56 Å². The summed E-state index contributed by atoms with van der Waals surface area (Å²) in [5.41, 5.74) is 1.49. The maximum absolute atomic E-state index is 10.7. The maximum Gasteiger partial charge on any atom is 0.271 e. The molecule has 7 heteroatoms. The molecule has 1 unspecified atom stereocenters. The molecule has 0 radical (unpaired) electrons. The van der Waals surface area contributed by atoms with Crippen molar-refractivity contribution in [2.45, 2.75) is 13.0 Å². The van der Waals surface area contributed by atoms with Gasteiger partial charge < -0.3 is 5.32 Å². The Hall–Kier alpha value is -1.49. The Balaban J connectivity index is 2.21. The van der Waals surface area contributed by atoms with E-state index in [1.165, 1.54) is 12.1 Å². The number of nitro benzene ring substituents is 1. The smallest absolute Gasteiger partial charge is 0.271 e. The van der Waals surface area contributed by atoms with Crippen LogP contribution in [0.5, 0.6) is 0 Å². The van der Waals surface area contributed by atoms with Crippen LogP contribution in [0.3, 0.4) is 0 Å². The fourth-order valence-corrected chi connectivity index (χ4v) is 2.37. The highest BCUT2D eigenvalue weighted by Crippen LogP contribution is 2.31. The zero-order chi connectivity index (χ0) is 15.6. The van der Waals surface area contributed by atoms with Crippen LogP contribution in [0, 0.1) is 10.1 Å². The van der Waals surface area contributed by atoms with E-state index in [4.69, 9.17) is 34.8 Å². The van der Waals surface area contributed by atoms with Gasteiger partial charge in [0.1, 0.15) is 0 Å². The second kappa shape index (κ2) is 6.52. The number of benzene rings is 2. The molecule has 0 aromatic heterocycles. The average Bonchev–Trinajstić information content (AvgIpc) is 2.43. The molecule has 0 aliphatic carbocycles. The lowest BCUT2D eigenvalue weighted by molar-refractivity contribution is -0.384. The van der Waals surface area contributed by atoms with Gasteiger partial charge in [0.05, 0.1) is 25.7 Å². The number of rotatable bonds is 4. The van der Waals surface area contributed by atoms with E-state index < -0.39 is 4.92 Å². The van der Waals surface area contributed by atoms with Gasteiger partial charge in [-0.05, 0) is 30.7 Å². The van der Waals surface area contributed by atoms with Gasteiger partial charge in [-0.25, -0.2) is 0 Å². The Labute approximate surface area is 136 Å². The quantitative estimate of drug-likeness (QED) is 0.569. The fraction of sp³-hybridized carbons (Fsp3) is 0.143. The van der Waals surface area contributed by atoms with Crippen LogP contribution in [0.4, 0.5) is 11.4 Å². The molecule has 0 aliphatic rings. The van der Waals surface area contributed by atoms with Crippen LogP contribution in [-0.4, -0.2) is 4.92 Å². The molecule has 1 N–H and O–H groups in total. The average molecular weight is 346 g/mol. The lowest BCUT2D eigenvalue weighted by Crippen LogP contribution is -2.07. The summed E-state index contributed by atoms with van der Waals surface area (Å²) >= 11 is 17.9. The minimum absolute atomic E-state index is 0.0484. The van der Waals surface area contributed by atoms with Gasteiger partial charge in [0.2, 0.25) is 0 Å². The molecule has 2 aromatic carbocycles. The van der Waals surface area contributed by atoms with E-state index in [2.05, 4.69) is 5.32 Å². The van der Waals surface area contributed by atoms with Crippen molar-refractivity contribution in [2.24, 2.45) is 0 Å². The van der Waals surface area contributed by atoms with Gasteiger partial charge in [0.25, 0.3) is 5.69 Å². The molecule has 110 valence electrons. The standard InChI is InChI=1S/C14H11Cl3N2O2/c1-8(9-2-4-11(15)12(16)6-9)18-14-5-3-10(19(20)21)7-13(14)17/h2-8,18H,1H3. The van der Waals surface area contributed by atoms with Gasteiger partial charge in [0.15, 0.2) is 0 Å². The third-order valence-electron chi connectivity index (χ3n) is 2.98. The number of hydrogen-bond donors (Lipinski definition) is 1. The third-order valence-corrected chi connectivity index (χ3v) is 4.03. The molecule has 2 aromatic rings. The summed E-state index contributed by atoms with van der Waals surface area (Å²) in [6.45, 7) is 1.93. The van der Waals surface area contributed by atoms with E-state index in [0.29, 0.717) is 15.7 Å². The van der Waals surface area contributed by atoms with E-state index in [1.807, 2.05) is 13.0 Å². The fourth-order valence-electron chi connectivity index (χ4n) is 1.83. The van der Waals surface area contributed by atoms with Gasteiger partial charge in [-0.15, -0.1) is 0 Å². The number of hydrogen-bond acceptors (Lipinski definition) is 3. The van der Waals surface area contributed by atoms with Crippen molar-refractivity contribution in [1.82, 2.24) is 0 Å². The molecule has 0 amide bonds. The molecule has 0 spiro atoms. The molecule has 4 nitrogen and oxygen atoms in total. The molecule has 2 rings (SSSR count). The highest BCUT2D eigenvalue weighted by molar-refractivity contribution is 6.42. The third kappa shape index (κ3) is 3.79. The van der Waals surface area contributed by atoms with Gasteiger partial charge in [-0.1, -0.05) is 40.9 Å². The largest absolute Gasteiger partial charge is 0.377 e. The number of halogens is 3. The van der Waals surface area contributed by atoms with Crippen LogP contribution in [0.15, 0.2) is 36.4 Å². The molecule has 0 saturated heterocycles. The Morgan fingerprint density at radius 2 is 1.76 bits per heavy atom. The summed E-state index contributed by atoms with van der Waals surface area (Å²) in [4.78, 5) is 10.2. The Bertz CT molecular complexity index is 692. The van der Waals surface area contributed by atoms with Crippen LogP contribution in [0.2, 0.25) is 15.1 Å². The molecule has 0 saturated carbocycles. The highest BCUT2D eigenvalue weighted by Gasteiger charge is 2.13. The van der Waals surface area contributed by atoms with E-state index in [-0.39, 0.29) is 16.8 Å². The summed E-state index contributed by atoms with van der Waals surface area (Å²) in [6, 6.07) is 9.54.